The van der Waals surface area contributed by atoms with E-state index in [0.717, 1.165) is 22.0 Å². The topological polar surface area (TPSA) is 75.0 Å². The number of ether oxygens (including phenoxy) is 3. The molecule has 0 spiro atoms. The summed E-state index contributed by atoms with van der Waals surface area (Å²) in [4.78, 5) is 17.0. The summed E-state index contributed by atoms with van der Waals surface area (Å²) in [7, 11) is 3.15. The maximum atomic E-state index is 13.2. The van der Waals surface area contributed by atoms with Gasteiger partial charge in [0.15, 0.2) is 11.5 Å². The first-order valence-corrected chi connectivity index (χ1v) is 11.4. The zero-order valence-corrected chi connectivity index (χ0v) is 19.1. The Morgan fingerprint density at radius 3 is 2.59 bits per heavy atom. The number of carbonyl (C=O) groups excluding carboxylic acids is 1. The number of hydrogen-bond donors (Lipinski definition) is 0. The fourth-order valence-electron chi connectivity index (χ4n) is 4.10. The summed E-state index contributed by atoms with van der Waals surface area (Å²) in [5.74, 6) is 2.22. The third-order valence-corrected chi connectivity index (χ3v) is 6.77. The molecule has 166 valence electrons. The Labute approximate surface area is 192 Å². The first kappa shape index (κ1) is 21.9. The van der Waals surface area contributed by atoms with E-state index in [0.29, 0.717) is 36.2 Å². The van der Waals surface area contributed by atoms with Crippen molar-refractivity contribution in [1.29, 1.82) is 5.26 Å². The monoisotopic (exact) mass is 451 g/mol. The van der Waals surface area contributed by atoms with E-state index in [1.807, 2.05) is 49.4 Å². The highest BCUT2D eigenvalue weighted by Gasteiger charge is 2.39. The van der Waals surface area contributed by atoms with E-state index >= 15 is 0 Å². The number of nitrogens with zero attached hydrogens (tertiary/aromatic N) is 3. The first-order valence-electron chi connectivity index (χ1n) is 10.4. The largest absolute Gasteiger partial charge is 0.494 e. The van der Waals surface area contributed by atoms with Gasteiger partial charge in [0, 0.05) is 23.6 Å². The molecular formula is C24H25N3O4S. The second-order valence-electron chi connectivity index (χ2n) is 7.37. The molecule has 1 saturated heterocycles. The number of para-hydroxylation sites is 1. The van der Waals surface area contributed by atoms with Crippen LogP contribution in [-0.2, 0) is 4.79 Å². The lowest BCUT2D eigenvalue weighted by Gasteiger charge is -2.42. The van der Waals surface area contributed by atoms with Crippen molar-refractivity contribution in [3.8, 4) is 23.3 Å². The van der Waals surface area contributed by atoms with Gasteiger partial charge in [0.2, 0.25) is 5.91 Å². The van der Waals surface area contributed by atoms with Crippen LogP contribution in [0.15, 0.2) is 53.1 Å². The van der Waals surface area contributed by atoms with Crippen LogP contribution in [0.25, 0.3) is 0 Å². The van der Waals surface area contributed by atoms with Crippen LogP contribution in [0.3, 0.4) is 0 Å². The van der Waals surface area contributed by atoms with E-state index in [2.05, 4.69) is 11.0 Å². The van der Waals surface area contributed by atoms with Crippen molar-refractivity contribution in [3.63, 3.8) is 0 Å². The van der Waals surface area contributed by atoms with Crippen molar-refractivity contribution in [2.45, 2.75) is 19.3 Å². The molecule has 0 saturated carbocycles. The van der Waals surface area contributed by atoms with Crippen LogP contribution in [0.1, 0.15) is 24.8 Å². The molecule has 0 aliphatic carbocycles. The maximum absolute atomic E-state index is 13.2. The fourth-order valence-corrected chi connectivity index (χ4v) is 5.27. The Bertz CT molecular complexity index is 1080. The van der Waals surface area contributed by atoms with E-state index in [4.69, 9.17) is 14.2 Å². The molecule has 0 N–H and O–H groups in total. The summed E-state index contributed by atoms with van der Waals surface area (Å²) in [6, 6.07) is 15.8. The second kappa shape index (κ2) is 9.45. The van der Waals surface area contributed by atoms with Crippen molar-refractivity contribution in [2.24, 2.45) is 0 Å². The van der Waals surface area contributed by atoms with Gasteiger partial charge in [-0.05, 0) is 37.3 Å². The lowest BCUT2D eigenvalue weighted by molar-refractivity contribution is -0.129. The molecule has 32 heavy (non-hydrogen) atoms. The molecule has 4 rings (SSSR count). The molecule has 1 atom stereocenters. The van der Waals surface area contributed by atoms with Gasteiger partial charge in [-0.3, -0.25) is 9.69 Å². The van der Waals surface area contributed by atoms with E-state index in [1.54, 1.807) is 19.1 Å². The van der Waals surface area contributed by atoms with Crippen LogP contribution in [0.4, 0.5) is 5.69 Å². The predicted octanol–water partition coefficient (Wildman–Crippen LogP) is 4.32. The summed E-state index contributed by atoms with van der Waals surface area (Å²) >= 11 is 1.51. The first-order chi connectivity index (χ1) is 15.6. The van der Waals surface area contributed by atoms with Crippen molar-refractivity contribution in [1.82, 2.24) is 4.90 Å². The number of carbonyl (C=O) groups is 1. The number of hydrogen-bond acceptors (Lipinski definition) is 7. The highest BCUT2D eigenvalue weighted by atomic mass is 32.2. The van der Waals surface area contributed by atoms with Crippen molar-refractivity contribution >= 4 is 23.4 Å². The van der Waals surface area contributed by atoms with E-state index in [9.17, 15) is 10.1 Å². The average molecular weight is 452 g/mol. The van der Waals surface area contributed by atoms with E-state index < -0.39 is 0 Å². The number of allylic oxidation sites excluding steroid dienone is 1. The zero-order chi connectivity index (χ0) is 22.7. The third-order valence-electron chi connectivity index (χ3n) is 5.62. The number of benzene rings is 2. The van der Waals surface area contributed by atoms with Crippen LogP contribution in [0.2, 0.25) is 0 Å². The highest BCUT2D eigenvalue weighted by Crippen LogP contribution is 2.47. The number of amides is 1. The highest BCUT2D eigenvalue weighted by molar-refractivity contribution is 8.03. The summed E-state index contributed by atoms with van der Waals surface area (Å²) in [5, 5.41) is 10.8. The smallest absolute Gasteiger partial charge is 0.229 e. The fraction of sp³-hybridized carbons (Fsp3) is 0.333. The standard InChI is InChI=1S/C24H25N3O4S/c1-4-31-17-10-8-16(9-11-17)26-14-27-22(28)12-19(20(13-25)24(27)32-15-26)18-6-5-7-21(29-2)23(18)30-3/h5-11,19H,4,12,14-15H2,1-3H3/t19-/m0/s1. The molecule has 2 aromatic rings. The van der Waals surface area contributed by atoms with Gasteiger partial charge in [0.25, 0.3) is 0 Å². The van der Waals surface area contributed by atoms with Crippen molar-refractivity contribution < 1.29 is 19.0 Å². The minimum atomic E-state index is -0.367. The molecule has 2 aliphatic heterocycles. The molecule has 7 nitrogen and oxygen atoms in total. The summed E-state index contributed by atoms with van der Waals surface area (Å²) in [5.41, 5.74) is 2.38. The van der Waals surface area contributed by atoms with E-state index in [1.165, 1.54) is 11.8 Å². The Morgan fingerprint density at radius 1 is 1.16 bits per heavy atom. The van der Waals surface area contributed by atoms with Gasteiger partial charge in [0.1, 0.15) is 5.75 Å². The van der Waals surface area contributed by atoms with E-state index in [-0.39, 0.29) is 18.2 Å². The molecule has 2 aliphatic rings. The number of nitriles is 1. The van der Waals surface area contributed by atoms with Crippen molar-refractivity contribution in [3.05, 3.63) is 58.6 Å². The van der Waals surface area contributed by atoms with Crippen LogP contribution < -0.4 is 19.1 Å². The Kier molecular flexibility index (Phi) is 6.47. The van der Waals surface area contributed by atoms with Gasteiger partial charge in [-0.2, -0.15) is 5.26 Å². The molecule has 0 unspecified atom stereocenters. The summed E-state index contributed by atoms with van der Waals surface area (Å²) < 4.78 is 16.5. The quantitative estimate of drug-likeness (QED) is 0.647. The van der Waals surface area contributed by atoms with Gasteiger partial charge in [-0.15, -0.1) is 0 Å². The average Bonchev–Trinajstić information content (AvgIpc) is 2.84. The molecule has 1 amide bonds. The number of fused-ring (bicyclic) bond motifs is 1. The minimum absolute atomic E-state index is 0.0167. The van der Waals surface area contributed by atoms with Gasteiger partial charge in [-0.25, -0.2) is 0 Å². The number of thioether (sulfide) groups is 1. The van der Waals surface area contributed by atoms with Gasteiger partial charge in [0.05, 0.1) is 50.0 Å². The molecule has 2 aromatic carbocycles. The summed E-state index contributed by atoms with van der Waals surface area (Å²) in [6.07, 6.45) is 0.202. The predicted molar refractivity (Wildman–Crippen MR) is 124 cm³/mol. The van der Waals surface area contributed by atoms with Crippen LogP contribution in [0, 0.1) is 11.3 Å². The number of anilines is 1. The van der Waals surface area contributed by atoms with Crippen molar-refractivity contribution in [2.75, 3.05) is 38.3 Å². The number of methoxy groups -OCH3 is 2. The number of rotatable bonds is 6. The Balaban J connectivity index is 1.64. The lowest BCUT2D eigenvalue weighted by Crippen LogP contribution is -2.47. The molecule has 8 heteroatoms. The van der Waals surface area contributed by atoms with Crippen LogP contribution >= 0.6 is 11.8 Å². The van der Waals surface area contributed by atoms with Gasteiger partial charge < -0.3 is 19.1 Å². The van der Waals surface area contributed by atoms with Crippen LogP contribution in [0.5, 0.6) is 17.2 Å². The van der Waals surface area contributed by atoms with Crippen LogP contribution in [-0.4, -0.2) is 44.2 Å². The molecule has 1 fully saturated rings. The molecular weight excluding hydrogens is 426 g/mol. The maximum Gasteiger partial charge on any atom is 0.229 e. The zero-order valence-electron chi connectivity index (χ0n) is 18.3. The summed E-state index contributed by atoms with van der Waals surface area (Å²) in [6.45, 7) is 2.97. The molecule has 0 radical (unpaired) electrons. The lowest BCUT2D eigenvalue weighted by atomic mass is 9.85. The normalized spacial score (nSPS) is 18.2. The second-order valence-corrected chi connectivity index (χ2v) is 8.31. The molecule has 0 aromatic heterocycles. The molecule has 0 bridgehead atoms. The third kappa shape index (κ3) is 3.96. The van der Waals surface area contributed by atoms with Gasteiger partial charge in [-0.1, -0.05) is 23.9 Å². The molecule has 2 heterocycles. The van der Waals surface area contributed by atoms with Gasteiger partial charge >= 0.3 is 0 Å². The minimum Gasteiger partial charge on any atom is -0.494 e. The SMILES string of the molecule is CCOc1ccc(N2CSC3=C(C#N)[C@H](c4cccc(OC)c4OC)CC(=O)N3C2)cc1. The Hall–Kier alpha value is -3.31. The Morgan fingerprint density at radius 2 is 1.94 bits per heavy atom.